The Bertz CT molecular complexity index is 1000. The number of hydrazine groups is 1. The van der Waals surface area contributed by atoms with Crippen LogP contribution in [0.2, 0.25) is 5.02 Å². The van der Waals surface area contributed by atoms with Crippen LogP contribution in [0.3, 0.4) is 0 Å². The molecule has 1 aliphatic heterocycles. The summed E-state index contributed by atoms with van der Waals surface area (Å²) >= 11 is 6.13. The predicted octanol–water partition coefficient (Wildman–Crippen LogP) is 1.23. The lowest BCUT2D eigenvalue weighted by molar-refractivity contribution is 0.0953. The SMILES string of the molecule is CC1CN(S(=O)(=O)N(Cc2ccc(C(=O)NN)cn2)c2cccc(Cl)c2)CCN1C. The van der Waals surface area contributed by atoms with Crippen LogP contribution in [-0.4, -0.2) is 61.2 Å². The minimum absolute atomic E-state index is 0.00603. The van der Waals surface area contributed by atoms with Gasteiger partial charge in [-0.05, 0) is 44.3 Å². The summed E-state index contributed by atoms with van der Waals surface area (Å²) < 4.78 is 29.9. The van der Waals surface area contributed by atoms with Crippen LogP contribution in [0.25, 0.3) is 0 Å². The Balaban J connectivity index is 1.94. The van der Waals surface area contributed by atoms with Crippen LogP contribution in [0.5, 0.6) is 0 Å². The summed E-state index contributed by atoms with van der Waals surface area (Å²) in [6.07, 6.45) is 1.36. The van der Waals surface area contributed by atoms with Gasteiger partial charge in [-0.15, -0.1) is 0 Å². The summed E-state index contributed by atoms with van der Waals surface area (Å²) in [5, 5.41) is 0.433. The molecular weight excluding hydrogens is 428 g/mol. The predicted molar refractivity (Wildman–Crippen MR) is 116 cm³/mol. The van der Waals surface area contributed by atoms with Gasteiger partial charge < -0.3 is 4.90 Å². The number of aromatic nitrogens is 1. The Morgan fingerprint density at radius 3 is 2.70 bits per heavy atom. The quantitative estimate of drug-likeness (QED) is 0.387. The third-order valence-corrected chi connectivity index (χ3v) is 7.26. The number of rotatable bonds is 6. The number of pyridine rings is 1. The summed E-state index contributed by atoms with van der Waals surface area (Å²) in [4.78, 5) is 18.0. The average molecular weight is 453 g/mol. The largest absolute Gasteiger partial charge is 0.304 e. The van der Waals surface area contributed by atoms with Gasteiger partial charge in [0.05, 0.1) is 23.5 Å². The smallest absolute Gasteiger partial charge is 0.301 e. The number of nitrogens with zero attached hydrogens (tertiary/aromatic N) is 4. The normalized spacial score (nSPS) is 18.2. The summed E-state index contributed by atoms with van der Waals surface area (Å²) in [5.41, 5.74) is 3.25. The first kappa shape index (κ1) is 22.4. The number of carbonyl (C=O) groups is 1. The van der Waals surface area contributed by atoms with Gasteiger partial charge in [0.1, 0.15) is 0 Å². The highest BCUT2D eigenvalue weighted by Gasteiger charge is 2.34. The van der Waals surface area contributed by atoms with Gasteiger partial charge in [-0.25, -0.2) is 5.84 Å². The van der Waals surface area contributed by atoms with Gasteiger partial charge in [-0.2, -0.15) is 12.7 Å². The molecule has 3 N–H and O–H groups in total. The van der Waals surface area contributed by atoms with Crippen molar-refractivity contribution in [1.82, 2.24) is 19.6 Å². The number of nitrogens with two attached hydrogens (primary N) is 1. The lowest BCUT2D eigenvalue weighted by atomic mass is 10.2. The molecule has 1 aromatic carbocycles. The lowest BCUT2D eigenvalue weighted by Crippen LogP contribution is -2.55. The van der Waals surface area contributed by atoms with Crippen molar-refractivity contribution in [3.05, 3.63) is 58.9 Å². The molecule has 2 heterocycles. The molecule has 11 heteroatoms. The van der Waals surface area contributed by atoms with Gasteiger partial charge in [0.2, 0.25) is 0 Å². The van der Waals surface area contributed by atoms with Crippen molar-refractivity contribution in [3.63, 3.8) is 0 Å². The second-order valence-electron chi connectivity index (χ2n) is 7.19. The highest BCUT2D eigenvalue weighted by Crippen LogP contribution is 2.27. The van der Waals surface area contributed by atoms with E-state index >= 15 is 0 Å². The van der Waals surface area contributed by atoms with Crippen LogP contribution in [-0.2, 0) is 16.8 Å². The molecule has 2 aromatic rings. The lowest BCUT2D eigenvalue weighted by Gasteiger charge is -2.39. The van der Waals surface area contributed by atoms with E-state index in [1.54, 1.807) is 36.4 Å². The number of hydrogen-bond acceptors (Lipinski definition) is 6. The van der Waals surface area contributed by atoms with E-state index in [4.69, 9.17) is 17.4 Å². The van der Waals surface area contributed by atoms with Crippen molar-refractivity contribution in [3.8, 4) is 0 Å². The van der Waals surface area contributed by atoms with Gasteiger partial charge in [-0.3, -0.25) is 19.5 Å². The molecule has 1 unspecified atom stereocenters. The standard InChI is InChI=1S/C19H25ClN6O3S/c1-14-12-25(9-8-24(14)2)30(28,29)26(18-5-3-4-16(20)10-18)13-17-7-6-15(11-22-17)19(27)23-21/h3-7,10-11,14H,8-9,12-13,21H2,1-2H3,(H,23,27). The van der Waals surface area contributed by atoms with E-state index in [-0.39, 0.29) is 18.2 Å². The van der Waals surface area contributed by atoms with E-state index in [1.165, 1.54) is 14.8 Å². The third-order valence-electron chi connectivity index (χ3n) is 5.15. The first-order valence-corrected chi connectivity index (χ1v) is 11.2. The molecular formula is C19H25ClN6O3S. The highest BCUT2D eigenvalue weighted by molar-refractivity contribution is 7.90. The van der Waals surface area contributed by atoms with Crippen LogP contribution in [0, 0.1) is 0 Å². The maximum Gasteiger partial charge on any atom is 0.304 e. The Hall–Kier alpha value is -2.24. The molecule has 3 rings (SSSR count). The van der Waals surface area contributed by atoms with Crippen LogP contribution in [0.15, 0.2) is 42.6 Å². The van der Waals surface area contributed by atoms with Crippen molar-refractivity contribution < 1.29 is 13.2 Å². The molecule has 1 atom stereocenters. The van der Waals surface area contributed by atoms with E-state index < -0.39 is 16.1 Å². The molecule has 0 spiro atoms. The summed E-state index contributed by atoms with van der Waals surface area (Å²) in [6, 6.07) is 9.94. The minimum Gasteiger partial charge on any atom is -0.301 e. The van der Waals surface area contributed by atoms with Gasteiger partial charge in [0.25, 0.3) is 5.91 Å². The second kappa shape index (κ2) is 9.27. The number of piperazine rings is 1. The van der Waals surface area contributed by atoms with E-state index in [9.17, 15) is 13.2 Å². The van der Waals surface area contributed by atoms with Gasteiger partial charge >= 0.3 is 10.2 Å². The first-order valence-electron chi connectivity index (χ1n) is 9.42. The van der Waals surface area contributed by atoms with E-state index in [0.717, 1.165) is 0 Å². The molecule has 0 aliphatic carbocycles. The highest BCUT2D eigenvalue weighted by atomic mass is 35.5. The van der Waals surface area contributed by atoms with Gasteiger partial charge in [0.15, 0.2) is 0 Å². The molecule has 9 nitrogen and oxygen atoms in total. The fraction of sp³-hybridized carbons (Fsp3) is 0.368. The number of nitrogens with one attached hydrogen (secondary N) is 1. The zero-order chi connectivity index (χ0) is 21.9. The number of nitrogen functional groups attached to an aromatic ring is 1. The van der Waals surface area contributed by atoms with E-state index in [2.05, 4.69) is 9.88 Å². The maximum absolute atomic E-state index is 13.6. The zero-order valence-electron chi connectivity index (χ0n) is 16.8. The Morgan fingerprint density at radius 2 is 2.10 bits per heavy atom. The number of benzene rings is 1. The molecule has 1 amide bonds. The number of hydrogen-bond donors (Lipinski definition) is 2. The van der Waals surface area contributed by atoms with Crippen molar-refractivity contribution in [2.24, 2.45) is 5.84 Å². The summed E-state index contributed by atoms with van der Waals surface area (Å²) in [7, 11) is -1.86. The molecule has 1 aliphatic rings. The summed E-state index contributed by atoms with van der Waals surface area (Å²) in [6.45, 7) is 3.41. The first-order chi connectivity index (χ1) is 14.2. The maximum atomic E-state index is 13.6. The molecule has 1 fully saturated rings. The van der Waals surface area contributed by atoms with Crippen LogP contribution >= 0.6 is 11.6 Å². The molecule has 162 valence electrons. The van der Waals surface area contributed by atoms with Crippen molar-refractivity contribution >= 4 is 33.4 Å². The van der Waals surface area contributed by atoms with Gasteiger partial charge in [0, 0.05) is 36.9 Å². The third kappa shape index (κ3) is 4.90. The average Bonchev–Trinajstić information content (AvgIpc) is 2.73. The second-order valence-corrected chi connectivity index (χ2v) is 9.48. The molecule has 30 heavy (non-hydrogen) atoms. The Labute approximate surface area is 181 Å². The Kier molecular flexibility index (Phi) is 6.94. The molecule has 0 saturated carbocycles. The van der Waals surface area contributed by atoms with Gasteiger partial charge in [-0.1, -0.05) is 17.7 Å². The van der Waals surface area contributed by atoms with Crippen molar-refractivity contribution in [1.29, 1.82) is 0 Å². The van der Waals surface area contributed by atoms with Crippen LogP contribution < -0.4 is 15.6 Å². The number of amides is 1. The van der Waals surface area contributed by atoms with Crippen LogP contribution in [0.4, 0.5) is 5.69 Å². The Morgan fingerprint density at radius 1 is 1.33 bits per heavy atom. The number of likely N-dealkylation sites (N-methyl/N-ethyl adjacent to an activating group) is 1. The molecule has 0 radical (unpaired) electrons. The van der Waals surface area contributed by atoms with Crippen molar-refractivity contribution in [2.75, 3.05) is 31.0 Å². The monoisotopic (exact) mass is 452 g/mol. The van der Waals surface area contributed by atoms with E-state index in [1.807, 2.05) is 19.4 Å². The summed E-state index contributed by atoms with van der Waals surface area (Å²) in [5.74, 6) is 4.66. The van der Waals surface area contributed by atoms with Crippen LogP contribution in [0.1, 0.15) is 23.0 Å². The topological polar surface area (TPSA) is 112 Å². The fourth-order valence-corrected chi connectivity index (χ4v) is 5.04. The molecule has 1 aromatic heterocycles. The zero-order valence-corrected chi connectivity index (χ0v) is 18.4. The number of halogens is 1. The minimum atomic E-state index is -3.84. The number of carbonyl (C=O) groups excluding carboxylic acids is 1. The molecule has 0 bridgehead atoms. The fourth-order valence-electron chi connectivity index (χ4n) is 3.18. The molecule has 1 saturated heterocycles. The van der Waals surface area contributed by atoms with Crippen molar-refractivity contribution in [2.45, 2.75) is 19.5 Å². The number of anilines is 1. The van der Waals surface area contributed by atoms with E-state index in [0.29, 0.717) is 36.0 Å².